The van der Waals surface area contributed by atoms with Gasteiger partial charge < -0.3 is 18.8 Å². The van der Waals surface area contributed by atoms with E-state index in [9.17, 15) is 9.59 Å². The van der Waals surface area contributed by atoms with Crippen LogP contribution in [0.4, 0.5) is 0 Å². The first kappa shape index (κ1) is 18.5. The summed E-state index contributed by atoms with van der Waals surface area (Å²) < 4.78 is 16.9. The second kappa shape index (κ2) is 7.37. The quantitative estimate of drug-likeness (QED) is 0.664. The van der Waals surface area contributed by atoms with Crippen LogP contribution in [-0.2, 0) is 4.79 Å². The summed E-state index contributed by atoms with van der Waals surface area (Å²) in [7, 11) is 0. The Hall–Kier alpha value is -3.54. The maximum absolute atomic E-state index is 13.6. The Labute approximate surface area is 173 Å². The molecule has 0 bridgehead atoms. The summed E-state index contributed by atoms with van der Waals surface area (Å²) in [6.45, 7) is 2.78. The van der Waals surface area contributed by atoms with Gasteiger partial charge in [-0.05, 0) is 19.1 Å². The molecule has 0 radical (unpaired) electrons. The van der Waals surface area contributed by atoms with Crippen LogP contribution >= 0.6 is 0 Å². The van der Waals surface area contributed by atoms with Crippen LogP contribution in [0.3, 0.4) is 0 Å². The highest BCUT2D eigenvalue weighted by molar-refractivity contribution is 5.90. The van der Waals surface area contributed by atoms with Crippen molar-refractivity contribution in [1.82, 2.24) is 4.90 Å². The van der Waals surface area contributed by atoms with Crippen LogP contribution in [0, 0.1) is 6.92 Å². The zero-order chi connectivity index (χ0) is 20.7. The molecule has 2 aromatic carbocycles. The lowest BCUT2D eigenvalue weighted by Gasteiger charge is -2.30. The van der Waals surface area contributed by atoms with E-state index in [0.29, 0.717) is 42.5 Å². The van der Waals surface area contributed by atoms with Gasteiger partial charge in [-0.2, -0.15) is 0 Å². The van der Waals surface area contributed by atoms with Gasteiger partial charge in [-0.3, -0.25) is 4.79 Å². The highest BCUT2D eigenvalue weighted by Crippen LogP contribution is 2.45. The Bertz CT molecular complexity index is 1120. The lowest BCUT2D eigenvalue weighted by Crippen LogP contribution is -2.36. The molecule has 0 spiro atoms. The number of nitrogens with zero attached hydrogens (tertiary/aromatic N) is 1. The lowest BCUT2D eigenvalue weighted by molar-refractivity contribution is -0.131. The van der Waals surface area contributed by atoms with Gasteiger partial charge in [-0.15, -0.1) is 0 Å². The third-order valence-electron chi connectivity index (χ3n) is 5.55. The highest BCUT2D eigenvalue weighted by Gasteiger charge is 2.38. The van der Waals surface area contributed by atoms with E-state index in [-0.39, 0.29) is 12.0 Å². The number of fused-ring (bicyclic) bond motifs is 2. The number of benzene rings is 2. The summed E-state index contributed by atoms with van der Waals surface area (Å²) in [5.41, 5.74) is 1.31. The molecule has 1 aromatic heterocycles. The van der Waals surface area contributed by atoms with E-state index in [1.54, 1.807) is 13.0 Å². The van der Waals surface area contributed by atoms with E-state index in [0.717, 1.165) is 11.1 Å². The average Bonchev–Trinajstić information content (AvgIpc) is 3.19. The SMILES string of the molecule is Cc1cc(OC2CCN(C(=O)C3c4ccccc4Oc4ccccc43)C2)cc(=O)o1. The van der Waals surface area contributed by atoms with Crippen LogP contribution < -0.4 is 15.1 Å². The van der Waals surface area contributed by atoms with E-state index < -0.39 is 11.5 Å². The Morgan fingerprint density at radius 2 is 1.70 bits per heavy atom. The topological polar surface area (TPSA) is 69.0 Å². The van der Waals surface area contributed by atoms with Crippen molar-refractivity contribution in [3.8, 4) is 17.2 Å². The first-order valence-corrected chi connectivity index (χ1v) is 10.0. The van der Waals surface area contributed by atoms with Gasteiger partial charge in [0.1, 0.15) is 29.1 Å². The fraction of sp³-hybridized carbons (Fsp3) is 0.250. The Kier molecular flexibility index (Phi) is 4.54. The minimum absolute atomic E-state index is 0.0352. The molecule has 1 saturated heterocycles. The largest absolute Gasteiger partial charge is 0.488 e. The predicted octanol–water partition coefficient (Wildman–Crippen LogP) is 3.87. The minimum Gasteiger partial charge on any atom is -0.488 e. The maximum atomic E-state index is 13.6. The normalized spacial score (nSPS) is 17.8. The molecule has 0 N–H and O–H groups in total. The maximum Gasteiger partial charge on any atom is 0.339 e. The summed E-state index contributed by atoms with van der Waals surface area (Å²) in [6, 6.07) is 18.4. The molecule has 6 nitrogen and oxygen atoms in total. The van der Waals surface area contributed by atoms with Crippen LogP contribution in [0.5, 0.6) is 17.2 Å². The molecule has 152 valence electrons. The minimum atomic E-state index is -0.439. The van der Waals surface area contributed by atoms with E-state index in [2.05, 4.69) is 0 Å². The Morgan fingerprint density at radius 3 is 2.37 bits per heavy atom. The van der Waals surface area contributed by atoms with E-state index in [1.165, 1.54) is 6.07 Å². The van der Waals surface area contributed by atoms with Gasteiger partial charge in [0, 0.05) is 30.2 Å². The van der Waals surface area contributed by atoms with Crippen molar-refractivity contribution in [3.63, 3.8) is 0 Å². The molecular formula is C24H21NO5. The third-order valence-corrected chi connectivity index (χ3v) is 5.55. The van der Waals surface area contributed by atoms with E-state index >= 15 is 0 Å². The third kappa shape index (κ3) is 3.34. The monoisotopic (exact) mass is 403 g/mol. The summed E-state index contributed by atoms with van der Waals surface area (Å²) >= 11 is 0. The summed E-state index contributed by atoms with van der Waals surface area (Å²) in [4.78, 5) is 27.0. The van der Waals surface area contributed by atoms with Crippen molar-refractivity contribution >= 4 is 5.91 Å². The summed E-state index contributed by atoms with van der Waals surface area (Å²) in [6.07, 6.45) is 0.540. The van der Waals surface area contributed by atoms with Crippen LogP contribution in [0.1, 0.15) is 29.2 Å². The molecule has 1 unspecified atom stereocenters. The molecule has 6 heteroatoms. The smallest absolute Gasteiger partial charge is 0.339 e. The van der Waals surface area contributed by atoms with Gasteiger partial charge in [-0.25, -0.2) is 4.79 Å². The Balaban J connectivity index is 1.39. The number of rotatable bonds is 3. The number of ether oxygens (including phenoxy) is 2. The number of para-hydroxylation sites is 2. The second-order valence-electron chi connectivity index (χ2n) is 7.65. The molecule has 30 heavy (non-hydrogen) atoms. The number of aryl methyl sites for hydroxylation is 1. The summed E-state index contributed by atoms with van der Waals surface area (Å²) in [5.74, 6) is 2.04. The zero-order valence-electron chi connectivity index (χ0n) is 16.5. The number of amides is 1. The van der Waals surface area contributed by atoms with Gasteiger partial charge in [0.05, 0.1) is 18.5 Å². The van der Waals surface area contributed by atoms with Crippen LogP contribution in [0.2, 0.25) is 0 Å². The molecule has 3 aromatic rings. The number of hydrogen-bond donors (Lipinski definition) is 0. The number of carbonyl (C=O) groups is 1. The van der Waals surface area contributed by atoms with Gasteiger partial charge >= 0.3 is 5.63 Å². The van der Waals surface area contributed by atoms with Crippen LogP contribution in [-0.4, -0.2) is 30.0 Å². The fourth-order valence-electron chi connectivity index (χ4n) is 4.22. The van der Waals surface area contributed by atoms with E-state index in [1.807, 2.05) is 53.4 Å². The van der Waals surface area contributed by atoms with Gasteiger partial charge in [0.25, 0.3) is 0 Å². The van der Waals surface area contributed by atoms with Crippen LogP contribution in [0.15, 0.2) is 69.9 Å². The molecule has 1 fully saturated rings. The molecule has 2 aliphatic rings. The van der Waals surface area contributed by atoms with Crippen molar-refractivity contribution in [1.29, 1.82) is 0 Å². The molecular weight excluding hydrogens is 382 g/mol. The van der Waals surface area contributed by atoms with E-state index in [4.69, 9.17) is 13.9 Å². The first-order chi connectivity index (χ1) is 14.6. The summed E-state index contributed by atoms with van der Waals surface area (Å²) in [5, 5.41) is 0. The average molecular weight is 403 g/mol. The van der Waals surface area contributed by atoms with Crippen molar-refractivity contribution in [2.75, 3.05) is 13.1 Å². The van der Waals surface area contributed by atoms with Crippen LogP contribution in [0.25, 0.3) is 0 Å². The zero-order valence-corrected chi connectivity index (χ0v) is 16.5. The standard InChI is InChI=1S/C24H21NO5/c1-15-12-17(13-22(26)28-15)29-16-10-11-25(14-16)24(27)23-18-6-2-4-8-20(18)30-21-9-5-3-7-19(21)23/h2-9,12-13,16,23H,10-11,14H2,1H3. The molecule has 2 aliphatic heterocycles. The number of hydrogen-bond acceptors (Lipinski definition) is 5. The molecule has 3 heterocycles. The second-order valence-corrected chi connectivity index (χ2v) is 7.65. The van der Waals surface area contributed by atoms with Crippen molar-refractivity contribution in [2.45, 2.75) is 25.4 Å². The van der Waals surface area contributed by atoms with Crippen molar-refractivity contribution in [2.24, 2.45) is 0 Å². The number of likely N-dealkylation sites (tertiary alicyclic amines) is 1. The van der Waals surface area contributed by atoms with Gasteiger partial charge in [0.15, 0.2) is 0 Å². The molecule has 1 amide bonds. The van der Waals surface area contributed by atoms with Gasteiger partial charge in [-0.1, -0.05) is 36.4 Å². The number of carbonyl (C=O) groups excluding carboxylic acids is 1. The molecule has 5 rings (SSSR count). The van der Waals surface area contributed by atoms with Crippen molar-refractivity contribution in [3.05, 3.63) is 88.0 Å². The highest BCUT2D eigenvalue weighted by atomic mass is 16.5. The molecule has 0 aliphatic carbocycles. The first-order valence-electron chi connectivity index (χ1n) is 10.0. The fourth-order valence-corrected chi connectivity index (χ4v) is 4.22. The van der Waals surface area contributed by atoms with Gasteiger partial charge in [0.2, 0.25) is 5.91 Å². The lowest BCUT2D eigenvalue weighted by atomic mass is 9.87. The predicted molar refractivity (Wildman–Crippen MR) is 110 cm³/mol. The molecule has 0 saturated carbocycles. The molecule has 1 atom stereocenters. The van der Waals surface area contributed by atoms with Crippen molar-refractivity contribution < 1.29 is 18.7 Å². The Morgan fingerprint density at radius 1 is 1.03 bits per heavy atom.